The Morgan fingerprint density at radius 2 is 1.00 bits per heavy atom. The minimum absolute atomic E-state index is 0.986. The van der Waals surface area contributed by atoms with Crippen LogP contribution in [0.3, 0.4) is 0 Å². The van der Waals surface area contributed by atoms with Crippen molar-refractivity contribution in [3.63, 3.8) is 0 Å². The summed E-state index contributed by atoms with van der Waals surface area (Å²) in [6.07, 6.45) is 6.59. The molecule has 3 aromatic rings. The van der Waals surface area contributed by atoms with Crippen LogP contribution >= 0.6 is 19.0 Å². The normalized spacial score (nSPS) is 11.8. The highest BCUT2D eigenvalue weighted by atomic mass is 32.2. The molecule has 0 fully saturated rings. The average Bonchev–Trinajstić information content (AvgIpc) is 2.82. The summed E-state index contributed by atoms with van der Waals surface area (Å²) >= 11 is 1.66. The lowest BCUT2D eigenvalue weighted by atomic mass is 10.2. The molecule has 0 bridgehead atoms. The molecule has 3 rings (SSSR count). The molecule has 0 aliphatic rings. The van der Waals surface area contributed by atoms with Gasteiger partial charge in [0.2, 0.25) is 0 Å². The van der Waals surface area contributed by atoms with Crippen LogP contribution in [-0.2, 0) is 0 Å². The predicted octanol–water partition coefficient (Wildman–Crippen LogP) is 8.69. The highest BCUT2D eigenvalue weighted by Crippen LogP contribution is 2.64. The average molecular weight is 426 g/mol. The van der Waals surface area contributed by atoms with Crippen molar-refractivity contribution in [3.05, 3.63) is 125 Å². The van der Waals surface area contributed by atoms with E-state index in [4.69, 9.17) is 0 Å². The van der Waals surface area contributed by atoms with E-state index in [0.29, 0.717) is 0 Å². The van der Waals surface area contributed by atoms with Gasteiger partial charge in [-0.25, -0.2) is 0 Å². The summed E-state index contributed by atoms with van der Waals surface area (Å²) in [7, 11) is -1.95. The van der Waals surface area contributed by atoms with Gasteiger partial charge in [0.1, 0.15) is 5.66 Å². The van der Waals surface area contributed by atoms with Gasteiger partial charge in [0.05, 0.1) is 17.5 Å². The summed E-state index contributed by atoms with van der Waals surface area (Å²) in [6.45, 7) is 2.14. The van der Waals surface area contributed by atoms with Crippen LogP contribution in [0.4, 0.5) is 0 Å². The van der Waals surface area contributed by atoms with Crippen molar-refractivity contribution in [1.82, 2.24) is 0 Å². The SMILES string of the molecule is CCSC#C[P+](/C=C/c1ccccc1)(/C=C/c1ccccc1)/C=C/c1ccccc1. The smallest absolute Gasteiger partial charge is 0.0717 e. The second-order valence-electron chi connectivity index (χ2n) is 6.66. The Hall–Kier alpha value is -2.78. The molecule has 30 heavy (non-hydrogen) atoms. The van der Waals surface area contributed by atoms with E-state index in [-0.39, 0.29) is 0 Å². The van der Waals surface area contributed by atoms with E-state index in [1.807, 2.05) is 18.2 Å². The molecule has 0 N–H and O–H groups in total. The molecular formula is C28H26PS+. The third-order valence-corrected chi connectivity index (χ3v) is 7.51. The van der Waals surface area contributed by atoms with E-state index < -0.39 is 7.26 Å². The molecule has 2 heteroatoms. The van der Waals surface area contributed by atoms with Crippen LogP contribution in [0.5, 0.6) is 0 Å². The standard InChI is InChI=1S/C28H26PS/c1-2-30-25-24-29(21-18-26-12-6-3-7-13-26,22-19-27-14-8-4-9-15-27)23-20-28-16-10-5-11-17-28/h3-23H,2H2,1H3/q+1/b21-18+,22-19+,23-20+. The third kappa shape index (κ3) is 7.23. The monoisotopic (exact) mass is 425 g/mol. The molecular weight excluding hydrogens is 399 g/mol. The van der Waals surface area contributed by atoms with Crippen molar-refractivity contribution in [2.75, 3.05) is 5.75 Å². The molecule has 0 atom stereocenters. The van der Waals surface area contributed by atoms with Crippen LogP contribution in [0.25, 0.3) is 18.2 Å². The maximum atomic E-state index is 3.61. The van der Waals surface area contributed by atoms with Crippen molar-refractivity contribution in [1.29, 1.82) is 0 Å². The maximum Gasteiger partial charge on any atom is 0.168 e. The van der Waals surface area contributed by atoms with E-state index in [0.717, 1.165) is 5.75 Å². The van der Waals surface area contributed by atoms with E-state index >= 15 is 0 Å². The first-order valence-electron chi connectivity index (χ1n) is 10.0. The Bertz CT molecular complexity index is 919. The van der Waals surface area contributed by atoms with Gasteiger partial charge in [-0.3, -0.25) is 0 Å². The Balaban J connectivity index is 2.04. The molecule has 148 valence electrons. The third-order valence-electron chi connectivity index (χ3n) is 4.40. The molecule has 0 spiro atoms. The van der Waals surface area contributed by atoms with E-state index in [2.05, 4.69) is 126 Å². The van der Waals surface area contributed by atoms with Crippen molar-refractivity contribution in [2.45, 2.75) is 6.92 Å². The molecule has 0 heterocycles. The van der Waals surface area contributed by atoms with Gasteiger partial charge in [0, 0.05) is 11.0 Å². The van der Waals surface area contributed by atoms with Gasteiger partial charge in [-0.15, -0.1) is 0 Å². The van der Waals surface area contributed by atoms with E-state index in [1.165, 1.54) is 16.7 Å². The topological polar surface area (TPSA) is 0 Å². The zero-order valence-corrected chi connectivity index (χ0v) is 18.9. The summed E-state index contributed by atoms with van der Waals surface area (Å²) < 4.78 is 0. The molecule has 0 aliphatic carbocycles. The summed E-state index contributed by atoms with van der Waals surface area (Å²) in [5.41, 5.74) is 7.17. The Kier molecular flexibility index (Phi) is 8.80. The molecule has 0 amide bonds. The van der Waals surface area contributed by atoms with Gasteiger partial charge in [-0.1, -0.05) is 110 Å². The highest BCUT2D eigenvalue weighted by Gasteiger charge is 2.28. The van der Waals surface area contributed by atoms with Crippen molar-refractivity contribution >= 4 is 37.3 Å². The Labute approximate surface area is 185 Å². The Morgan fingerprint density at radius 3 is 1.33 bits per heavy atom. The molecule has 0 unspecified atom stereocenters. The fraction of sp³-hybridized carbons (Fsp3) is 0.0714. The number of hydrogen-bond donors (Lipinski definition) is 0. The number of thioether (sulfide) groups is 1. The second kappa shape index (κ2) is 12.0. The van der Waals surface area contributed by atoms with E-state index in [1.54, 1.807) is 11.8 Å². The summed E-state index contributed by atoms with van der Waals surface area (Å²) in [5, 5.41) is 3.35. The lowest BCUT2D eigenvalue weighted by Crippen LogP contribution is -1.80. The molecule has 0 saturated heterocycles. The summed E-state index contributed by atoms with van der Waals surface area (Å²) in [4.78, 5) is 0. The van der Waals surface area contributed by atoms with Gasteiger partial charge >= 0.3 is 0 Å². The Morgan fingerprint density at radius 1 is 0.633 bits per heavy atom. The number of rotatable bonds is 7. The largest absolute Gasteiger partial charge is 0.168 e. The molecule has 0 radical (unpaired) electrons. The van der Waals surface area contributed by atoms with E-state index in [9.17, 15) is 0 Å². The zero-order valence-electron chi connectivity index (χ0n) is 17.2. The predicted molar refractivity (Wildman–Crippen MR) is 139 cm³/mol. The summed E-state index contributed by atoms with van der Waals surface area (Å²) in [5.74, 6) is 7.87. The lowest BCUT2D eigenvalue weighted by Gasteiger charge is -2.07. The fourth-order valence-corrected chi connectivity index (χ4v) is 5.58. The zero-order chi connectivity index (χ0) is 20.9. The van der Waals surface area contributed by atoms with Crippen LogP contribution in [0.2, 0.25) is 0 Å². The first-order valence-corrected chi connectivity index (χ1v) is 13.0. The van der Waals surface area contributed by atoms with Crippen LogP contribution in [-0.4, -0.2) is 5.75 Å². The van der Waals surface area contributed by atoms with Crippen molar-refractivity contribution in [2.24, 2.45) is 0 Å². The first kappa shape index (κ1) is 21.9. The van der Waals surface area contributed by atoms with Crippen molar-refractivity contribution < 1.29 is 0 Å². The van der Waals surface area contributed by atoms with Gasteiger partial charge in [-0.05, 0) is 34.9 Å². The fourth-order valence-electron chi connectivity index (χ4n) is 2.77. The lowest BCUT2D eigenvalue weighted by molar-refractivity contribution is 1.54. The molecule has 3 aromatic carbocycles. The van der Waals surface area contributed by atoms with Gasteiger partial charge in [-0.2, -0.15) is 0 Å². The van der Waals surface area contributed by atoms with Crippen LogP contribution in [0.15, 0.2) is 108 Å². The molecule has 0 aromatic heterocycles. The minimum atomic E-state index is -1.95. The second-order valence-corrected chi connectivity index (χ2v) is 10.5. The number of hydrogen-bond acceptors (Lipinski definition) is 1. The van der Waals surface area contributed by atoms with Gasteiger partial charge < -0.3 is 0 Å². The quantitative estimate of drug-likeness (QED) is 0.269. The molecule has 0 saturated carbocycles. The van der Waals surface area contributed by atoms with Crippen molar-refractivity contribution in [3.8, 4) is 10.9 Å². The first-order chi connectivity index (χ1) is 14.8. The highest BCUT2D eigenvalue weighted by molar-refractivity contribution is 8.04. The van der Waals surface area contributed by atoms with Gasteiger partial charge in [0.25, 0.3) is 0 Å². The molecule has 0 aliphatic heterocycles. The number of benzene rings is 3. The van der Waals surface area contributed by atoms with Crippen LogP contribution in [0.1, 0.15) is 23.6 Å². The summed E-state index contributed by atoms with van der Waals surface area (Å²) in [6, 6.07) is 31.3. The van der Waals surface area contributed by atoms with Gasteiger partial charge in [0.15, 0.2) is 7.26 Å². The maximum absolute atomic E-state index is 3.61. The van der Waals surface area contributed by atoms with Crippen LogP contribution < -0.4 is 0 Å². The minimum Gasteiger partial charge on any atom is -0.0717 e. The van der Waals surface area contributed by atoms with Crippen LogP contribution in [0, 0.1) is 10.9 Å². The molecule has 0 nitrogen and oxygen atoms in total.